The fourth-order valence-electron chi connectivity index (χ4n) is 2.98. The SMILES string of the molecule is C[N+](C)(C)CCO.I.O=C([O-])C1(O)c2ccccc2CCc2ncccc21. The highest BCUT2D eigenvalue weighted by molar-refractivity contribution is 14.0. The summed E-state index contributed by atoms with van der Waals surface area (Å²) < 4.78 is 0.844. The van der Waals surface area contributed by atoms with Crippen LogP contribution in [0.5, 0.6) is 0 Å². The lowest BCUT2D eigenvalue weighted by molar-refractivity contribution is -0.870. The van der Waals surface area contributed by atoms with Crippen molar-refractivity contribution in [2.24, 2.45) is 0 Å². The second kappa shape index (κ2) is 9.59. The summed E-state index contributed by atoms with van der Waals surface area (Å²) >= 11 is 0. The summed E-state index contributed by atoms with van der Waals surface area (Å²) in [5.41, 5.74) is -0.0317. The number of quaternary nitrogens is 1. The van der Waals surface area contributed by atoms with E-state index in [1.165, 1.54) is 0 Å². The molecule has 0 saturated heterocycles. The van der Waals surface area contributed by atoms with Crippen LogP contribution < -0.4 is 5.11 Å². The molecular weight excluding hydrogens is 459 g/mol. The molecule has 3 rings (SSSR count). The first kappa shape index (κ1) is 23.5. The molecule has 7 heteroatoms. The molecule has 0 bridgehead atoms. The van der Waals surface area contributed by atoms with E-state index in [-0.39, 0.29) is 30.6 Å². The molecule has 1 aromatic carbocycles. The number of hydrogen-bond donors (Lipinski definition) is 2. The number of aryl methyl sites for hydroxylation is 2. The zero-order chi connectivity index (χ0) is 19.4. The van der Waals surface area contributed by atoms with E-state index >= 15 is 0 Å². The van der Waals surface area contributed by atoms with Crippen LogP contribution in [0.2, 0.25) is 0 Å². The fourth-order valence-corrected chi connectivity index (χ4v) is 2.98. The summed E-state index contributed by atoms with van der Waals surface area (Å²) in [6.07, 6.45) is 2.85. The molecule has 2 aromatic rings. The summed E-state index contributed by atoms with van der Waals surface area (Å²) in [7, 11) is 6.16. The van der Waals surface area contributed by atoms with E-state index in [0.29, 0.717) is 29.7 Å². The third-order valence-corrected chi connectivity index (χ3v) is 4.38. The monoisotopic (exact) mass is 486 g/mol. The predicted molar refractivity (Wildman–Crippen MR) is 111 cm³/mol. The quantitative estimate of drug-likeness (QED) is 0.486. The van der Waals surface area contributed by atoms with E-state index in [4.69, 9.17) is 5.11 Å². The number of aromatic nitrogens is 1. The Morgan fingerprint density at radius 3 is 2.33 bits per heavy atom. The molecule has 6 nitrogen and oxygen atoms in total. The Morgan fingerprint density at radius 1 is 1.15 bits per heavy atom. The van der Waals surface area contributed by atoms with Gasteiger partial charge < -0.3 is 24.6 Å². The molecule has 2 N–H and O–H groups in total. The Labute approximate surface area is 177 Å². The van der Waals surface area contributed by atoms with E-state index in [1.807, 2.05) is 12.1 Å². The van der Waals surface area contributed by atoms with Gasteiger partial charge in [-0.25, -0.2) is 0 Å². The van der Waals surface area contributed by atoms with Crippen molar-refractivity contribution in [3.8, 4) is 0 Å². The number of carboxylic acids is 1. The first-order valence-electron chi connectivity index (χ1n) is 8.58. The molecule has 1 aromatic heterocycles. The van der Waals surface area contributed by atoms with E-state index in [0.717, 1.165) is 16.6 Å². The first-order valence-corrected chi connectivity index (χ1v) is 8.58. The van der Waals surface area contributed by atoms with Crippen molar-refractivity contribution in [1.82, 2.24) is 4.98 Å². The maximum absolute atomic E-state index is 11.6. The molecule has 1 unspecified atom stereocenters. The van der Waals surface area contributed by atoms with Crippen molar-refractivity contribution in [2.45, 2.75) is 18.4 Å². The Kier molecular flexibility index (Phi) is 8.34. The van der Waals surface area contributed by atoms with Crippen LogP contribution in [-0.4, -0.2) is 59.9 Å². The van der Waals surface area contributed by atoms with Crippen molar-refractivity contribution < 1.29 is 24.6 Å². The summed E-state index contributed by atoms with van der Waals surface area (Å²) in [6, 6.07) is 10.2. The molecule has 1 atom stereocenters. The summed E-state index contributed by atoms with van der Waals surface area (Å²) in [5.74, 6) is -1.52. The Morgan fingerprint density at radius 2 is 1.78 bits per heavy atom. The number of carboxylic acid groups (broad SMARTS) is 1. The highest BCUT2D eigenvalue weighted by atomic mass is 127. The summed E-state index contributed by atoms with van der Waals surface area (Å²) in [4.78, 5) is 15.8. The molecule has 1 heterocycles. The van der Waals surface area contributed by atoms with Gasteiger partial charge in [-0.1, -0.05) is 30.3 Å². The number of hydrogen-bond acceptors (Lipinski definition) is 5. The average molecular weight is 486 g/mol. The Hall–Kier alpha value is -1.55. The molecule has 27 heavy (non-hydrogen) atoms. The van der Waals surface area contributed by atoms with Crippen molar-refractivity contribution >= 4 is 29.9 Å². The number of likely N-dealkylation sites (N-methyl/N-ethyl adjacent to an activating group) is 1. The van der Waals surface area contributed by atoms with Gasteiger partial charge in [0.1, 0.15) is 6.54 Å². The number of carbonyl (C=O) groups excluding carboxylic acids is 1. The number of aliphatic carboxylic acids is 1. The topological polar surface area (TPSA) is 93.5 Å². The van der Waals surface area contributed by atoms with Crippen LogP contribution in [0.4, 0.5) is 0 Å². The minimum atomic E-state index is -2.13. The van der Waals surface area contributed by atoms with E-state index < -0.39 is 11.6 Å². The Bertz CT molecular complexity index is 727. The lowest BCUT2D eigenvalue weighted by Gasteiger charge is -2.31. The lowest BCUT2D eigenvalue weighted by Crippen LogP contribution is -2.47. The van der Waals surface area contributed by atoms with Crippen LogP contribution >= 0.6 is 24.0 Å². The zero-order valence-electron chi connectivity index (χ0n) is 15.9. The van der Waals surface area contributed by atoms with Gasteiger partial charge in [0.05, 0.1) is 33.7 Å². The van der Waals surface area contributed by atoms with Crippen molar-refractivity contribution in [3.63, 3.8) is 0 Å². The predicted octanol–water partition coefficient (Wildman–Crippen LogP) is 0.469. The molecule has 0 spiro atoms. The van der Waals surface area contributed by atoms with Crippen LogP contribution in [0.25, 0.3) is 0 Å². The second-order valence-corrected chi connectivity index (χ2v) is 7.39. The van der Waals surface area contributed by atoms with Crippen LogP contribution in [0.3, 0.4) is 0 Å². The number of nitrogens with zero attached hydrogens (tertiary/aromatic N) is 2. The average Bonchev–Trinajstić information content (AvgIpc) is 2.71. The molecule has 148 valence electrons. The second-order valence-electron chi connectivity index (χ2n) is 7.39. The number of aliphatic hydroxyl groups is 2. The first-order chi connectivity index (χ1) is 12.2. The standard InChI is InChI=1S/C15H13NO3.C5H14NO.HI/c17-14(18)15(19)11-5-2-1-4-10(11)7-8-13-12(15)6-3-9-16-13;1-6(2,3)4-5-7;/h1-6,9,19H,7-8H2,(H,17,18);7H,4-5H2,1-3H3;1H/q;+1;/p-1. The Balaban J connectivity index is 0.000000395. The van der Waals surface area contributed by atoms with E-state index in [1.54, 1.807) is 30.5 Å². The number of rotatable bonds is 3. The van der Waals surface area contributed by atoms with Gasteiger partial charge in [0.2, 0.25) is 0 Å². The van der Waals surface area contributed by atoms with Crippen LogP contribution in [0.15, 0.2) is 42.6 Å². The molecule has 0 saturated carbocycles. The normalized spacial score (nSPS) is 18.0. The van der Waals surface area contributed by atoms with Gasteiger partial charge in [-0.3, -0.25) is 4.98 Å². The smallest absolute Gasteiger partial charge is 0.156 e. The minimum Gasteiger partial charge on any atom is -0.546 e. The summed E-state index contributed by atoms with van der Waals surface area (Å²) in [6.45, 7) is 1.11. The van der Waals surface area contributed by atoms with Crippen LogP contribution in [-0.2, 0) is 23.2 Å². The van der Waals surface area contributed by atoms with Gasteiger partial charge in [0, 0.05) is 17.5 Å². The van der Waals surface area contributed by atoms with Gasteiger partial charge in [0.25, 0.3) is 0 Å². The van der Waals surface area contributed by atoms with Gasteiger partial charge in [0.15, 0.2) is 5.60 Å². The highest BCUT2D eigenvalue weighted by Gasteiger charge is 2.39. The third-order valence-electron chi connectivity index (χ3n) is 4.38. The lowest BCUT2D eigenvalue weighted by atomic mass is 9.85. The molecule has 1 aliphatic carbocycles. The molecule has 0 radical (unpaired) electrons. The van der Waals surface area contributed by atoms with Crippen molar-refractivity contribution in [3.05, 3.63) is 65.0 Å². The largest absolute Gasteiger partial charge is 0.546 e. The number of halogens is 1. The number of aliphatic hydroxyl groups excluding tert-OH is 1. The van der Waals surface area contributed by atoms with Gasteiger partial charge in [-0.2, -0.15) is 0 Å². The maximum Gasteiger partial charge on any atom is 0.156 e. The van der Waals surface area contributed by atoms with E-state index in [9.17, 15) is 15.0 Å². The molecule has 0 amide bonds. The van der Waals surface area contributed by atoms with Gasteiger partial charge in [-0.05, 0) is 30.0 Å². The molecular formula is C20H27IN2O4. The van der Waals surface area contributed by atoms with Crippen molar-refractivity contribution in [1.29, 1.82) is 0 Å². The molecule has 1 aliphatic rings. The number of fused-ring (bicyclic) bond motifs is 2. The maximum atomic E-state index is 11.6. The zero-order valence-corrected chi connectivity index (χ0v) is 18.2. The van der Waals surface area contributed by atoms with Crippen LogP contribution in [0, 0.1) is 0 Å². The van der Waals surface area contributed by atoms with E-state index in [2.05, 4.69) is 26.1 Å². The van der Waals surface area contributed by atoms with Crippen LogP contribution in [0.1, 0.15) is 22.4 Å². The highest BCUT2D eigenvalue weighted by Crippen LogP contribution is 2.36. The molecule has 0 aliphatic heterocycles. The summed E-state index contributed by atoms with van der Waals surface area (Å²) in [5, 5.41) is 30.7. The van der Waals surface area contributed by atoms with Gasteiger partial charge >= 0.3 is 0 Å². The number of benzene rings is 1. The van der Waals surface area contributed by atoms with Gasteiger partial charge in [-0.15, -0.1) is 24.0 Å². The number of pyridine rings is 1. The molecule has 0 fully saturated rings. The van der Waals surface area contributed by atoms with Crippen molar-refractivity contribution in [2.75, 3.05) is 34.3 Å². The minimum absolute atomic E-state index is 0. The number of carbonyl (C=O) groups is 1. The fraction of sp³-hybridized carbons (Fsp3) is 0.400. The third kappa shape index (κ3) is 5.47.